The van der Waals surface area contributed by atoms with Gasteiger partial charge < -0.3 is 4.57 Å². The fourth-order valence-corrected chi connectivity index (χ4v) is 3.93. The van der Waals surface area contributed by atoms with E-state index in [-0.39, 0.29) is 10.7 Å². The number of amides is 2. The van der Waals surface area contributed by atoms with Crippen LogP contribution in [-0.2, 0) is 23.1 Å². The summed E-state index contributed by atoms with van der Waals surface area (Å²) in [5.41, 5.74) is 4.75. The van der Waals surface area contributed by atoms with Crippen LogP contribution < -0.4 is 10.2 Å². The number of nitrogens with zero attached hydrogens (tertiary/aromatic N) is 2. The molecule has 1 N–H and O–H groups in total. The summed E-state index contributed by atoms with van der Waals surface area (Å²) in [4.78, 5) is 27.3. The number of para-hydroxylation sites is 1. The first-order chi connectivity index (χ1) is 13.9. The predicted octanol–water partition coefficient (Wildman–Crippen LogP) is 3.88. The van der Waals surface area contributed by atoms with Crippen molar-refractivity contribution in [2.45, 2.75) is 20.3 Å². The number of rotatable bonds is 3. The lowest BCUT2D eigenvalue weighted by Gasteiger charge is -2.29. The number of carbonyl (C=O) groups excluding carboxylic acids is 2. The van der Waals surface area contributed by atoms with Crippen LogP contribution in [0.15, 0.2) is 54.1 Å². The van der Waals surface area contributed by atoms with Crippen molar-refractivity contribution in [3.05, 3.63) is 70.9 Å². The predicted molar refractivity (Wildman–Crippen MR) is 120 cm³/mol. The maximum atomic E-state index is 13.3. The second kappa shape index (κ2) is 7.29. The Bertz CT molecular complexity index is 1190. The van der Waals surface area contributed by atoms with E-state index < -0.39 is 11.8 Å². The summed E-state index contributed by atoms with van der Waals surface area (Å²) >= 11 is 5.29. The van der Waals surface area contributed by atoms with E-state index in [0.717, 1.165) is 34.1 Å². The van der Waals surface area contributed by atoms with E-state index in [1.165, 1.54) is 4.90 Å². The van der Waals surface area contributed by atoms with Crippen molar-refractivity contribution in [3.63, 3.8) is 0 Å². The summed E-state index contributed by atoms with van der Waals surface area (Å²) < 4.78 is 2.05. The van der Waals surface area contributed by atoms with Crippen LogP contribution in [0.3, 0.4) is 0 Å². The van der Waals surface area contributed by atoms with Gasteiger partial charge in [-0.05, 0) is 55.4 Å². The molecule has 3 aromatic rings. The number of aryl methyl sites for hydroxylation is 2. The second-order valence-corrected chi connectivity index (χ2v) is 7.44. The molecule has 0 radical (unpaired) electrons. The smallest absolute Gasteiger partial charge is 0.270 e. The first kappa shape index (κ1) is 19.1. The molecule has 0 unspecified atom stereocenters. The Kier molecular flexibility index (Phi) is 4.80. The van der Waals surface area contributed by atoms with Gasteiger partial charge in [0.05, 0.1) is 5.69 Å². The molecule has 1 fully saturated rings. The average Bonchev–Trinajstić information content (AvgIpc) is 2.96. The van der Waals surface area contributed by atoms with Gasteiger partial charge >= 0.3 is 0 Å². The van der Waals surface area contributed by atoms with E-state index in [2.05, 4.69) is 16.8 Å². The van der Waals surface area contributed by atoms with Crippen LogP contribution in [-0.4, -0.2) is 21.5 Å². The van der Waals surface area contributed by atoms with Crippen LogP contribution in [0.1, 0.15) is 23.7 Å². The number of hydrogen-bond acceptors (Lipinski definition) is 3. The van der Waals surface area contributed by atoms with Crippen molar-refractivity contribution in [2.75, 3.05) is 4.90 Å². The molecule has 0 atom stereocenters. The molecule has 0 aliphatic carbocycles. The highest BCUT2D eigenvalue weighted by Gasteiger charge is 2.34. The molecule has 146 valence electrons. The number of anilines is 1. The summed E-state index contributed by atoms with van der Waals surface area (Å²) in [6.07, 6.45) is 2.57. The summed E-state index contributed by atoms with van der Waals surface area (Å²) in [5.74, 6) is -0.899. The first-order valence-corrected chi connectivity index (χ1v) is 9.87. The Morgan fingerprint density at radius 2 is 1.76 bits per heavy atom. The van der Waals surface area contributed by atoms with E-state index >= 15 is 0 Å². The molecule has 29 heavy (non-hydrogen) atoms. The Morgan fingerprint density at radius 3 is 2.45 bits per heavy atom. The van der Waals surface area contributed by atoms with Crippen molar-refractivity contribution in [2.24, 2.45) is 7.05 Å². The zero-order chi connectivity index (χ0) is 20.7. The number of hydrogen-bond donors (Lipinski definition) is 1. The maximum absolute atomic E-state index is 13.3. The standard InChI is InChI=1S/C23H21N3O2S/c1-4-15-9-11-16(12-10-15)26-22(28)19(21(27)24-23(26)29)13-18-14(2)25(3)20-8-6-5-7-17(18)20/h5-13H,4H2,1-3H3,(H,24,27,29). The zero-order valence-corrected chi connectivity index (χ0v) is 17.3. The van der Waals surface area contributed by atoms with Gasteiger partial charge in [-0.25, -0.2) is 0 Å². The lowest BCUT2D eigenvalue weighted by molar-refractivity contribution is -0.122. The van der Waals surface area contributed by atoms with Crippen molar-refractivity contribution >= 4 is 51.8 Å². The number of carbonyl (C=O) groups is 2. The summed E-state index contributed by atoms with van der Waals surface area (Å²) in [7, 11) is 1.97. The van der Waals surface area contributed by atoms with Gasteiger partial charge in [-0.15, -0.1) is 0 Å². The second-order valence-electron chi connectivity index (χ2n) is 7.05. The summed E-state index contributed by atoms with van der Waals surface area (Å²) in [6.45, 7) is 4.04. The van der Waals surface area contributed by atoms with E-state index in [0.29, 0.717) is 5.69 Å². The van der Waals surface area contributed by atoms with Gasteiger partial charge in [0.25, 0.3) is 11.8 Å². The number of benzene rings is 2. The highest BCUT2D eigenvalue weighted by atomic mass is 32.1. The minimum atomic E-state index is -0.478. The summed E-state index contributed by atoms with van der Waals surface area (Å²) in [5, 5.41) is 3.74. The Balaban J connectivity index is 1.81. The molecule has 0 bridgehead atoms. The molecule has 5 nitrogen and oxygen atoms in total. The van der Waals surface area contributed by atoms with Crippen LogP contribution >= 0.6 is 12.2 Å². The number of thiocarbonyl (C=S) groups is 1. The maximum Gasteiger partial charge on any atom is 0.270 e. The molecule has 0 saturated carbocycles. The Hall–Kier alpha value is -3.25. The molecule has 1 aromatic heterocycles. The molecule has 1 aliphatic rings. The average molecular weight is 404 g/mol. The quantitative estimate of drug-likeness (QED) is 0.410. The van der Waals surface area contributed by atoms with Crippen molar-refractivity contribution in [3.8, 4) is 0 Å². The van der Waals surface area contributed by atoms with Gasteiger partial charge in [0.15, 0.2) is 5.11 Å². The lowest BCUT2D eigenvalue weighted by atomic mass is 10.0. The van der Waals surface area contributed by atoms with E-state index in [9.17, 15) is 9.59 Å². The van der Waals surface area contributed by atoms with Gasteiger partial charge in [0.2, 0.25) is 0 Å². The Morgan fingerprint density at radius 1 is 1.07 bits per heavy atom. The molecule has 2 amide bonds. The van der Waals surface area contributed by atoms with Gasteiger partial charge in [0.1, 0.15) is 5.57 Å². The molecule has 1 saturated heterocycles. The first-order valence-electron chi connectivity index (χ1n) is 9.46. The fraction of sp³-hybridized carbons (Fsp3) is 0.174. The SMILES string of the molecule is CCc1ccc(N2C(=O)C(=Cc3c(C)n(C)c4ccccc34)C(=O)NC2=S)cc1. The highest BCUT2D eigenvalue weighted by Crippen LogP contribution is 2.29. The third-order valence-electron chi connectivity index (χ3n) is 5.44. The van der Waals surface area contributed by atoms with Crippen molar-refractivity contribution < 1.29 is 9.59 Å². The van der Waals surface area contributed by atoms with E-state index in [1.807, 2.05) is 62.5 Å². The molecular weight excluding hydrogens is 382 g/mol. The third kappa shape index (κ3) is 3.15. The summed E-state index contributed by atoms with van der Waals surface area (Å²) in [6, 6.07) is 15.5. The highest BCUT2D eigenvalue weighted by molar-refractivity contribution is 7.80. The van der Waals surface area contributed by atoms with Crippen molar-refractivity contribution in [1.29, 1.82) is 0 Å². The molecule has 4 rings (SSSR count). The molecule has 2 aromatic carbocycles. The number of fused-ring (bicyclic) bond motifs is 1. The van der Waals surface area contributed by atoms with Crippen LogP contribution in [0.4, 0.5) is 5.69 Å². The molecule has 6 heteroatoms. The molecule has 1 aliphatic heterocycles. The van der Waals surface area contributed by atoms with Gasteiger partial charge in [0, 0.05) is 29.2 Å². The van der Waals surface area contributed by atoms with Gasteiger partial charge in [-0.1, -0.05) is 37.3 Å². The van der Waals surface area contributed by atoms with Crippen molar-refractivity contribution in [1.82, 2.24) is 9.88 Å². The minimum Gasteiger partial charge on any atom is -0.347 e. The van der Waals surface area contributed by atoms with Crippen LogP contribution in [0.2, 0.25) is 0 Å². The fourth-order valence-electron chi connectivity index (χ4n) is 3.65. The van der Waals surface area contributed by atoms with E-state index in [1.54, 1.807) is 6.08 Å². The van der Waals surface area contributed by atoms with Gasteiger partial charge in [-0.3, -0.25) is 19.8 Å². The number of aromatic nitrogens is 1. The van der Waals surface area contributed by atoms with Crippen LogP contribution in [0.5, 0.6) is 0 Å². The minimum absolute atomic E-state index is 0.0672. The van der Waals surface area contributed by atoms with E-state index in [4.69, 9.17) is 12.2 Å². The third-order valence-corrected chi connectivity index (χ3v) is 5.73. The largest absolute Gasteiger partial charge is 0.347 e. The lowest BCUT2D eigenvalue weighted by Crippen LogP contribution is -2.54. The monoisotopic (exact) mass is 403 g/mol. The normalized spacial score (nSPS) is 16.0. The van der Waals surface area contributed by atoms with Crippen LogP contribution in [0.25, 0.3) is 17.0 Å². The zero-order valence-electron chi connectivity index (χ0n) is 16.5. The van der Waals surface area contributed by atoms with Gasteiger partial charge in [-0.2, -0.15) is 0 Å². The van der Waals surface area contributed by atoms with Crippen LogP contribution in [0, 0.1) is 6.92 Å². The Labute approximate surface area is 174 Å². The molecule has 0 spiro atoms. The number of nitrogens with one attached hydrogen (secondary N) is 1. The topological polar surface area (TPSA) is 54.3 Å². The molecular formula is C23H21N3O2S. The molecule has 2 heterocycles.